The Morgan fingerprint density at radius 3 is 2.64 bits per heavy atom. The highest BCUT2D eigenvalue weighted by Gasteiger charge is 2.16. The van der Waals surface area contributed by atoms with Crippen molar-refractivity contribution in [3.05, 3.63) is 48.5 Å². The van der Waals surface area contributed by atoms with Gasteiger partial charge in [0.2, 0.25) is 0 Å². The lowest BCUT2D eigenvalue weighted by molar-refractivity contribution is 0.252. The van der Waals surface area contributed by atoms with E-state index in [0.717, 1.165) is 4.70 Å². The molecule has 7 nitrogen and oxygen atoms in total. The second-order valence-electron chi connectivity index (χ2n) is 5.10. The van der Waals surface area contributed by atoms with Crippen LogP contribution in [0.3, 0.4) is 0 Å². The van der Waals surface area contributed by atoms with Crippen LogP contribution in [0.25, 0.3) is 10.2 Å². The lowest BCUT2D eigenvalue weighted by Gasteiger charge is -2.05. The Bertz CT molecular complexity index is 1000. The van der Waals surface area contributed by atoms with E-state index in [1.54, 1.807) is 36.4 Å². The molecule has 0 saturated carbocycles. The summed E-state index contributed by atoms with van der Waals surface area (Å²) in [6.07, 6.45) is 0. The predicted molar refractivity (Wildman–Crippen MR) is 99.6 cm³/mol. The molecular weight excluding hydrogens is 360 g/mol. The number of aromatic nitrogens is 1. The number of rotatable bonds is 5. The number of benzene rings is 2. The molecule has 130 valence electrons. The minimum Gasteiger partial charge on any atom is -0.338 e. The van der Waals surface area contributed by atoms with Crippen LogP contribution in [-0.2, 0) is 10.0 Å². The van der Waals surface area contributed by atoms with Gasteiger partial charge in [0.25, 0.3) is 10.0 Å². The van der Waals surface area contributed by atoms with Gasteiger partial charge in [-0.2, -0.15) is 0 Å². The molecule has 3 N–H and O–H groups in total. The molecular formula is C16H16N4O3S2. The average molecular weight is 376 g/mol. The Kier molecular flexibility index (Phi) is 4.86. The first-order chi connectivity index (χ1) is 12.0. The summed E-state index contributed by atoms with van der Waals surface area (Å²) in [7, 11) is -3.68. The quantitative estimate of drug-likeness (QED) is 0.636. The topological polar surface area (TPSA) is 100 Å². The normalized spacial score (nSPS) is 11.2. The fraction of sp³-hybridized carbons (Fsp3) is 0.125. The molecule has 1 heterocycles. The lowest BCUT2D eigenvalue weighted by atomic mass is 10.3. The van der Waals surface area contributed by atoms with Crippen LogP contribution in [0.15, 0.2) is 53.4 Å². The van der Waals surface area contributed by atoms with Gasteiger partial charge < -0.3 is 10.6 Å². The highest BCUT2D eigenvalue weighted by atomic mass is 32.2. The van der Waals surface area contributed by atoms with Gasteiger partial charge in [0.1, 0.15) is 0 Å². The van der Waals surface area contributed by atoms with Crippen molar-refractivity contribution in [2.45, 2.75) is 11.8 Å². The highest BCUT2D eigenvalue weighted by molar-refractivity contribution is 7.93. The Labute approximate surface area is 149 Å². The third-order valence-electron chi connectivity index (χ3n) is 3.26. The molecule has 0 atom stereocenters. The maximum Gasteiger partial charge on any atom is 0.319 e. The highest BCUT2D eigenvalue weighted by Crippen LogP contribution is 2.29. The number of carbonyl (C=O) groups is 1. The molecule has 0 radical (unpaired) electrons. The van der Waals surface area contributed by atoms with Crippen molar-refractivity contribution < 1.29 is 13.2 Å². The van der Waals surface area contributed by atoms with Gasteiger partial charge >= 0.3 is 6.03 Å². The molecule has 2 amide bonds. The summed E-state index contributed by atoms with van der Waals surface area (Å²) < 4.78 is 28.0. The first kappa shape index (κ1) is 17.2. The van der Waals surface area contributed by atoms with Crippen LogP contribution < -0.4 is 15.4 Å². The van der Waals surface area contributed by atoms with Crippen molar-refractivity contribution in [3.63, 3.8) is 0 Å². The zero-order valence-electron chi connectivity index (χ0n) is 13.3. The Hall–Kier alpha value is -2.65. The van der Waals surface area contributed by atoms with Gasteiger partial charge in [-0.05, 0) is 37.3 Å². The van der Waals surface area contributed by atoms with E-state index in [4.69, 9.17) is 0 Å². The van der Waals surface area contributed by atoms with Crippen molar-refractivity contribution in [1.29, 1.82) is 0 Å². The van der Waals surface area contributed by atoms with E-state index in [1.165, 1.54) is 23.5 Å². The molecule has 0 unspecified atom stereocenters. The average Bonchev–Trinajstić information content (AvgIpc) is 2.96. The predicted octanol–water partition coefficient (Wildman–Crippen LogP) is 3.24. The van der Waals surface area contributed by atoms with Crippen LogP contribution in [0.4, 0.5) is 15.6 Å². The molecule has 0 saturated heterocycles. The molecule has 3 rings (SSSR count). The lowest BCUT2D eigenvalue weighted by Crippen LogP contribution is -2.28. The number of nitrogens with zero attached hydrogens (tertiary/aromatic N) is 1. The monoisotopic (exact) mass is 376 g/mol. The third kappa shape index (κ3) is 4.06. The van der Waals surface area contributed by atoms with Gasteiger partial charge in [-0.25, -0.2) is 18.2 Å². The first-order valence-corrected chi connectivity index (χ1v) is 9.81. The van der Waals surface area contributed by atoms with Crippen LogP contribution >= 0.6 is 11.3 Å². The zero-order valence-corrected chi connectivity index (χ0v) is 14.9. The van der Waals surface area contributed by atoms with Gasteiger partial charge in [0.15, 0.2) is 5.13 Å². The van der Waals surface area contributed by atoms with Gasteiger partial charge in [0.05, 0.1) is 15.1 Å². The Morgan fingerprint density at radius 2 is 1.92 bits per heavy atom. The van der Waals surface area contributed by atoms with Gasteiger partial charge in [-0.1, -0.05) is 29.5 Å². The van der Waals surface area contributed by atoms with Crippen molar-refractivity contribution in [3.8, 4) is 0 Å². The Balaban J connectivity index is 1.83. The van der Waals surface area contributed by atoms with E-state index in [1.807, 2.05) is 6.92 Å². The maximum absolute atomic E-state index is 12.4. The van der Waals surface area contributed by atoms with E-state index in [0.29, 0.717) is 17.7 Å². The van der Waals surface area contributed by atoms with E-state index in [9.17, 15) is 13.2 Å². The summed E-state index contributed by atoms with van der Waals surface area (Å²) in [6.45, 7) is 2.35. The molecule has 0 fully saturated rings. The maximum atomic E-state index is 12.4. The summed E-state index contributed by atoms with van der Waals surface area (Å²) in [6, 6.07) is 13.0. The molecule has 1 aromatic heterocycles. The summed E-state index contributed by atoms with van der Waals surface area (Å²) in [4.78, 5) is 16.0. The smallest absolute Gasteiger partial charge is 0.319 e. The zero-order chi connectivity index (χ0) is 17.9. The molecule has 3 aromatic rings. The van der Waals surface area contributed by atoms with Crippen molar-refractivity contribution in [2.75, 3.05) is 16.6 Å². The standard InChI is InChI=1S/C16H16N4O3S2/c1-2-17-15(21)18-11-8-9-14-13(10-11)19-16(24-14)20-25(22,23)12-6-4-3-5-7-12/h3-10H,2H2,1H3,(H,19,20)(H2,17,18,21). The van der Waals surface area contributed by atoms with Crippen LogP contribution in [0.5, 0.6) is 0 Å². The number of hydrogen-bond donors (Lipinski definition) is 3. The largest absolute Gasteiger partial charge is 0.338 e. The van der Waals surface area contributed by atoms with Crippen molar-refractivity contribution >= 4 is 48.4 Å². The van der Waals surface area contributed by atoms with E-state index in [-0.39, 0.29) is 16.1 Å². The van der Waals surface area contributed by atoms with Crippen LogP contribution in [0.1, 0.15) is 6.92 Å². The Morgan fingerprint density at radius 1 is 1.16 bits per heavy atom. The van der Waals surface area contributed by atoms with E-state index in [2.05, 4.69) is 20.3 Å². The van der Waals surface area contributed by atoms with Crippen LogP contribution in [0, 0.1) is 0 Å². The van der Waals surface area contributed by atoms with E-state index < -0.39 is 10.0 Å². The molecule has 0 aliphatic heterocycles. The number of carbonyl (C=O) groups excluding carboxylic acids is 1. The van der Waals surface area contributed by atoms with Crippen molar-refractivity contribution in [2.24, 2.45) is 0 Å². The number of sulfonamides is 1. The second kappa shape index (κ2) is 7.08. The molecule has 2 aromatic carbocycles. The fourth-order valence-electron chi connectivity index (χ4n) is 2.16. The van der Waals surface area contributed by atoms with Gasteiger partial charge in [0, 0.05) is 12.2 Å². The molecule has 0 aliphatic rings. The SMILES string of the molecule is CCNC(=O)Nc1ccc2sc(NS(=O)(=O)c3ccccc3)nc2c1. The summed E-state index contributed by atoms with van der Waals surface area (Å²) >= 11 is 1.23. The summed E-state index contributed by atoms with van der Waals surface area (Å²) in [5.41, 5.74) is 1.19. The van der Waals surface area contributed by atoms with Crippen LogP contribution in [-0.4, -0.2) is 26.0 Å². The molecule has 0 spiro atoms. The van der Waals surface area contributed by atoms with E-state index >= 15 is 0 Å². The first-order valence-electron chi connectivity index (χ1n) is 7.51. The number of amides is 2. The van der Waals surface area contributed by atoms with Crippen molar-refractivity contribution in [1.82, 2.24) is 10.3 Å². The molecule has 25 heavy (non-hydrogen) atoms. The molecule has 9 heteroatoms. The second-order valence-corrected chi connectivity index (χ2v) is 7.82. The molecule has 0 aliphatic carbocycles. The number of nitrogens with one attached hydrogen (secondary N) is 3. The third-order valence-corrected chi connectivity index (χ3v) is 5.69. The minimum absolute atomic E-state index is 0.174. The number of hydrogen-bond acceptors (Lipinski definition) is 5. The fourth-order valence-corrected chi connectivity index (χ4v) is 4.26. The number of fused-ring (bicyclic) bond motifs is 1. The summed E-state index contributed by atoms with van der Waals surface area (Å²) in [5, 5.41) is 5.60. The number of thiazole rings is 1. The number of anilines is 2. The van der Waals surface area contributed by atoms with Gasteiger partial charge in [-0.15, -0.1) is 0 Å². The summed E-state index contributed by atoms with van der Waals surface area (Å²) in [5.74, 6) is 0. The minimum atomic E-state index is -3.68. The van der Waals surface area contributed by atoms with Gasteiger partial charge in [-0.3, -0.25) is 4.72 Å². The van der Waals surface area contributed by atoms with Crippen LogP contribution in [0.2, 0.25) is 0 Å². The number of urea groups is 1. The molecule has 0 bridgehead atoms.